The summed E-state index contributed by atoms with van der Waals surface area (Å²) in [5, 5.41) is 0. The van der Waals surface area contributed by atoms with E-state index < -0.39 is 0 Å². The van der Waals surface area contributed by atoms with Crippen molar-refractivity contribution < 1.29 is 0 Å². The van der Waals surface area contributed by atoms with Crippen molar-refractivity contribution in [1.82, 2.24) is 0 Å². The zero-order valence-electron chi connectivity index (χ0n) is 21.8. The van der Waals surface area contributed by atoms with E-state index in [1.165, 1.54) is 67.6 Å². The SMILES string of the molecule is c1ccc(N2c3cccc4c3B3c5c2cccc5N(c2ccccc2)c2cccc(c23)N4c2ccccc2)cc1. The number of anilines is 9. The van der Waals surface area contributed by atoms with E-state index in [1.807, 2.05) is 0 Å². The number of hydrogen-bond donors (Lipinski definition) is 0. The highest BCUT2D eigenvalue weighted by atomic mass is 15.2. The number of hydrogen-bond acceptors (Lipinski definition) is 3. The van der Waals surface area contributed by atoms with Gasteiger partial charge in [0.1, 0.15) is 0 Å². The van der Waals surface area contributed by atoms with Crippen LogP contribution in [-0.4, -0.2) is 6.71 Å². The average Bonchev–Trinajstić information content (AvgIpc) is 3.03. The second kappa shape index (κ2) is 8.14. The first kappa shape index (κ1) is 21.7. The molecule has 6 aromatic rings. The fraction of sp³-hybridized carbons (Fsp3) is 0. The standard InChI is InChI=1S/C36H24BN3/c1-4-13-25(14-5-1)38-28-19-10-21-30-34(28)37-35-29(38)20-11-22-31(35)40(27-17-8-3-9-18-27)33-24-12-23-32(36(33)37)39(30)26-15-6-2-7-16-26/h1-24H. The molecule has 186 valence electrons. The van der Waals surface area contributed by atoms with E-state index in [0.29, 0.717) is 0 Å². The summed E-state index contributed by atoms with van der Waals surface area (Å²) in [4.78, 5) is 7.37. The lowest BCUT2D eigenvalue weighted by Crippen LogP contribution is -2.64. The van der Waals surface area contributed by atoms with Crippen molar-refractivity contribution in [3.8, 4) is 0 Å². The molecule has 0 atom stereocenters. The van der Waals surface area contributed by atoms with Crippen LogP contribution in [0, 0.1) is 0 Å². The van der Waals surface area contributed by atoms with Gasteiger partial charge in [0.2, 0.25) is 0 Å². The predicted octanol–water partition coefficient (Wildman–Crippen LogP) is 7.55. The molecular weight excluding hydrogens is 485 g/mol. The lowest BCUT2D eigenvalue weighted by atomic mass is 9.32. The first-order valence-electron chi connectivity index (χ1n) is 13.8. The molecule has 0 unspecified atom stereocenters. The van der Waals surface area contributed by atoms with Gasteiger partial charge in [-0.25, -0.2) is 0 Å². The van der Waals surface area contributed by atoms with Crippen molar-refractivity contribution in [3.63, 3.8) is 0 Å². The third kappa shape index (κ3) is 2.80. The smallest absolute Gasteiger partial charge is 0.257 e. The van der Waals surface area contributed by atoms with Crippen LogP contribution in [0.25, 0.3) is 0 Å². The van der Waals surface area contributed by atoms with Crippen molar-refractivity contribution >= 4 is 74.3 Å². The fourth-order valence-electron chi connectivity index (χ4n) is 7.07. The summed E-state index contributed by atoms with van der Waals surface area (Å²) in [7, 11) is 0. The summed E-state index contributed by atoms with van der Waals surface area (Å²) in [6, 6.07) is 52.8. The number of para-hydroxylation sites is 3. The lowest BCUT2D eigenvalue weighted by molar-refractivity contribution is 1.22. The molecule has 0 saturated carbocycles. The number of benzene rings is 6. The maximum absolute atomic E-state index is 2.46. The minimum Gasteiger partial charge on any atom is -0.311 e. The van der Waals surface area contributed by atoms with Crippen LogP contribution in [0.2, 0.25) is 0 Å². The van der Waals surface area contributed by atoms with E-state index in [1.54, 1.807) is 0 Å². The minimum absolute atomic E-state index is 0.142. The summed E-state index contributed by atoms with van der Waals surface area (Å²) in [6.45, 7) is 0.142. The molecule has 0 aliphatic carbocycles. The molecule has 9 rings (SSSR count). The Hall–Kier alpha value is -5.22. The second-order valence-electron chi connectivity index (χ2n) is 10.6. The minimum atomic E-state index is 0.142. The molecule has 0 amide bonds. The Morgan fingerprint density at radius 1 is 0.275 bits per heavy atom. The van der Waals surface area contributed by atoms with Gasteiger partial charge in [-0.15, -0.1) is 0 Å². The molecule has 6 aromatic carbocycles. The molecule has 3 nitrogen and oxygen atoms in total. The molecular formula is C36H24BN3. The summed E-state index contributed by atoms with van der Waals surface area (Å²) >= 11 is 0. The van der Waals surface area contributed by atoms with Gasteiger partial charge in [0.25, 0.3) is 6.71 Å². The van der Waals surface area contributed by atoms with Crippen LogP contribution in [0.15, 0.2) is 146 Å². The summed E-state index contributed by atoms with van der Waals surface area (Å²) in [5.41, 5.74) is 15.1. The Morgan fingerprint density at radius 2 is 0.525 bits per heavy atom. The molecule has 0 spiro atoms. The maximum atomic E-state index is 2.46. The summed E-state index contributed by atoms with van der Waals surface area (Å²) in [6.07, 6.45) is 0. The number of nitrogens with zero attached hydrogens (tertiary/aromatic N) is 3. The third-order valence-electron chi connectivity index (χ3n) is 8.53. The molecule has 0 saturated heterocycles. The van der Waals surface area contributed by atoms with Crippen LogP contribution in [-0.2, 0) is 0 Å². The van der Waals surface area contributed by atoms with Gasteiger partial charge in [0, 0.05) is 51.2 Å². The highest BCUT2D eigenvalue weighted by Crippen LogP contribution is 2.49. The summed E-state index contributed by atoms with van der Waals surface area (Å²) in [5.74, 6) is 0. The van der Waals surface area contributed by atoms with Gasteiger partial charge in [0.05, 0.1) is 0 Å². The highest BCUT2D eigenvalue weighted by Gasteiger charge is 2.48. The van der Waals surface area contributed by atoms with E-state index >= 15 is 0 Å². The van der Waals surface area contributed by atoms with Gasteiger partial charge in [-0.1, -0.05) is 72.8 Å². The van der Waals surface area contributed by atoms with Crippen LogP contribution in [0.1, 0.15) is 0 Å². The van der Waals surface area contributed by atoms with Crippen molar-refractivity contribution in [2.24, 2.45) is 0 Å². The van der Waals surface area contributed by atoms with E-state index in [-0.39, 0.29) is 6.71 Å². The van der Waals surface area contributed by atoms with Gasteiger partial charge in [-0.05, 0) is 89.2 Å². The molecule has 40 heavy (non-hydrogen) atoms. The van der Waals surface area contributed by atoms with Crippen molar-refractivity contribution in [2.75, 3.05) is 14.7 Å². The Bertz CT molecular complexity index is 1630. The Balaban J connectivity index is 1.44. The zero-order valence-corrected chi connectivity index (χ0v) is 21.8. The zero-order chi connectivity index (χ0) is 26.2. The van der Waals surface area contributed by atoms with Crippen LogP contribution in [0.3, 0.4) is 0 Å². The third-order valence-corrected chi connectivity index (χ3v) is 8.53. The number of rotatable bonds is 3. The Morgan fingerprint density at radius 3 is 0.775 bits per heavy atom. The van der Waals surface area contributed by atoms with Crippen LogP contribution in [0.4, 0.5) is 51.2 Å². The van der Waals surface area contributed by atoms with Crippen molar-refractivity contribution in [3.05, 3.63) is 146 Å². The molecule has 0 aromatic heterocycles. The summed E-state index contributed by atoms with van der Waals surface area (Å²) < 4.78 is 0. The van der Waals surface area contributed by atoms with Crippen LogP contribution >= 0.6 is 0 Å². The van der Waals surface area contributed by atoms with Crippen LogP contribution in [0.5, 0.6) is 0 Å². The van der Waals surface area contributed by atoms with Crippen molar-refractivity contribution in [1.29, 1.82) is 0 Å². The predicted molar refractivity (Wildman–Crippen MR) is 169 cm³/mol. The van der Waals surface area contributed by atoms with Crippen molar-refractivity contribution in [2.45, 2.75) is 0 Å². The normalized spacial score (nSPS) is 13.8. The maximum Gasteiger partial charge on any atom is 0.257 e. The fourth-order valence-corrected chi connectivity index (χ4v) is 7.07. The van der Waals surface area contributed by atoms with E-state index in [0.717, 1.165) is 0 Å². The molecule has 0 bridgehead atoms. The Kier molecular flexibility index (Phi) is 4.41. The molecule has 0 radical (unpaired) electrons. The first-order chi connectivity index (χ1) is 19.9. The largest absolute Gasteiger partial charge is 0.311 e. The lowest BCUT2D eigenvalue weighted by Gasteiger charge is -2.49. The quantitative estimate of drug-likeness (QED) is 0.228. The van der Waals surface area contributed by atoms with Gasteiger partial charge < -0.3 is 14.7 Å². The topological polar surface area (TPSA) is 9.72 Å². The molecule has 4 heteroatoms. The van der Waals surface area contributed by atoms with Gasteiger partial charge >= 0.3 is 0 Å². The average molecular weight is 509 g/mol. The molecule has 3 aliphatic rings. The van der Waals surface area contributed by atoms with E-state index in [2.05, 4.69) is 160 Å². The van der Waals surface area contributed by atoms with Gasteiger partial charge in [0.15, 0.2) is 0 Å². The van der Waals surface area contributed by atoms with Gasteiger partial charge in [-0.3, -0.25) is 0 Å². The Labute approximate surface area is 234 Å². The molecule has 0 N–H and O–H groups in total. The monoisotopic (exact) mass is 509 g/mol. The highest BCUT2D eigenvalue weighted by molar-refractivity contribution is 7.02. The molecule has 0 fully saturated rings. The van der Waals surface area contributed by atoms with E-state index in [9.17, 15) is 0 Å². The molecule has 3 heterocycles. The van der Waals surface area contributed by atoms with Crippen LogP contribution < -0.4 is 31.1 Å². The second-order valence-corrected chi connectivity index (χ2v) is 10.6. The molecule has 3 aliphatic heterocycles. The van der Waals surface area contributed by atoms with E-state index in [4.69, 9.17) is 0 Å². The van der Waals surface area contributed by atoms with Gasteiger partial charge in [-0.2, -0.15) is 0 Å². The first-order valence-corrected chi connectivity index (χ1v) is 13.8.